The van der Waals surface area contributed by atoms with Crippen LogP contribution in [0.1, 0.15) is 40.5 Å². The van der Waals surface area contributed by atoms with E-state index in [-0.39, 0.29) is 5.75 Å². The smallest absolute Gasteiger partial charge is 0.407 e. The van der Waals surface area contributed by atoms with Crippen molar-refractivity contribution in [3.63, 3.8) is 0 Å². The molecule has 0 spiro atoms. The summed E-state index contributed by atoms with van der Waals surface area (Å²) < 4.78 is 10.1. The number of rotatable bonds is 6. The number of hydrogen-bond acceptors (Lipinski definition) is 5. The summed E-state index contributed by atoms with van der Waals surface area (Å²) in [6.45, 7) is 7.63. The van der Waals surface area contributed by atoms with E-state index in [1.54, 1.807) is 20.8 Å². The Kier molecular flexibility index (Phi) is 7.82. The van der Waals surface area contributed by atoms with E-state index in [0.717, 1.165) is 12.8 Å². The lowest BCUT2D eigenvalue weighted by atomic mass is 10.2. The first-order chi connectivity index (χ1) is 8.30. The number of carbonyl (C=O) groups excluding carboxylic acids is 2. The van der Waals surface area contributed by atoms with Gasteiger partial charge in [-0.3, -0.25) is 0 Å². The van der Waals surface area contributed by atoms with Gasteiger partial charge in [-0.25, -0.2) is 9.59 Å². The number of thiol groups is 1. The van der Waals surface area contributed by atoms with Crippen molar-refractivity contribution in [2.24, 2.45) is 0 Å². The molecule has 0 bridgehead atoms. The molecule has 0 aliphatic heterocycles. The van der Waals surface area contributed by atoms with E-state index in [2.05, 4.69) is 17.9 Å². The van der Waals surface area contributed by atoms with Crippen molar-refractivity contribution in [1.82, 2.24) is 5.32 Å². The van der Waals surface area contributed by atoms with Crippen molar-refractivity contribution in [2.45, 2.75) is 52.2 Å². The Labute approximate surface area is 114 Å². The minimum Gasteiger partial charge on any atom is -0.458 e. The molecule has 0 saturated carbocycles. The monoisotopic (exact) mass is 277 g/mol. The molecule has 0 aromatic heterocycles. The van der Waals surface area contributed by atoms with E-state index in [4.69, 9.17) is 9.47 Å². The largest absolute Gasteiger partial charge is 0.458 e. The number of esters is 1. The van der Waals surface area contributed by atoms with Crippen LogP contribution in [-0.2, 0) is 14.3 Å². The van der Waals surface area contributed by atoms with E-state index in [1.165, 1.54) is 0 Å². The highest BCUT2D eigenvalue weighted by Crippen LogP contribution is 2.09. The zero-order valence-corrected chi connectivity index (χ0v) is 12.4. The SMILES string of the molecule is CCCCOC(=O)N[C@@H](CS)C(=O)OC(C)(C)C. The van der Waals surface area contributed by atoms with Crippen molar-refractivity contribution < 1.29 is 19.1 Å². The van der Waals surface area contributed by atoms with E-state index < -0.39 is 23.7 Å². The molecule has 6 heteroatoms. The fourth-order valence-corrected chi connectivity index (χ4v) is 1.29. The van der Waals surface area contributed by atoms with Gasteiger partial charge in [0.05, 0.1) is 6.61 Å². The predicted molar refractivity (Wildman–Crippen MR) is 72.9 cm³/mol. The van der Waals surface area contributed by atoms with Gasteiger partial charge in [-0.15, -0.1) is 0 Å². The van der Waals surface area contributed by atoms with Crippen molar-refractivity contribution in [1.29, 1.82) is 0 Å². The van der Waals surface area contributed by atoms with Gasteiger partial charge in [-0.2, -0.15) is 12.6 Å². The van der Waals surface area contributed by atoms with Crippen LogP contribution in [0.2, 0.25) is 0 Å². The van der Waals surface area contributed by atoms with Crippen LogP contribution in [0.15, 0.2) is 0 Å². The molecule has 106 valence electrons. The molecule has 1 N–H and O–H groups in total. The summed E-state index contributed by atoms with van der Waals surface area (Å²) in [7, 11) is 0. The normalized spacial score (nSPS) is 12.7. The quantitative estimate of drug-likeness (QED) is 0.443. The van der Waals surface area contributed by atoms with Gasteiger partial charge < -0.3 is 14.8 Å². The molecule has 5 nitrogen and oxygen atoms in total. The third kappa shape index (κ3) is 8.22. The Balaban J connectivity index is 4.17. The highest BCUT2D eigenvalue weighted by Gasteiger charge is 2.25. The van der Waals surface area contributed by atoms with Gasteiger partial charge in [0.25, 0.3) is 0 Å². The number of hydrogen-bond donors (Lipinski definition) is 2. The lowest BCUT2D eigenvalue weighted by Crippen LogP contribution is -2.45. The Bertz CT molecular complexity index is 276. The number of amides is 1. The maximum absolute atomic E-state index is 11.7. The minimum atomic E-state index is -0.790. The van der Waals surface area contributed by atoms with Crippen LogP contribution >= 0.6 is 12.6 Å². The molecular formula is C12H23NO4S. The lowest BCUT2D eigenvalue weighted by Gasteiger charge is -2.23. The highest BCUT2D eigenvalue weighted by molar-refractivity contribution is 7.80. The number of ether oxygens (including phenoxy) is 2. The van der Waals surface area contributed by atoms with Gasteiger partial charge in [0.15, 0.2) is 0 Å². The second-order valence-electron chi connectivity index (χ2n) is 4.90. The molecule has 0 rings (SSSR count). The van der Waals surface area contributed by atoms with Crippen molar-refractivity contribution in [3.05, 3.63) is 0 Å². The zero-order chi connectivity index (χ0) is 14.2. The predicted octanol–water partition coefficient (Wildman–Crippen LogP) is 2.15. The van der Waals surface area contributed by atoms with Gasteiger partial charge >= 0.3 is 12.1 Å². The van der Waals surface area contributed by atoms with Crippen molar-refractivity contribution >= 4 is 24.7 Å². The molecule has 0 aromatic carbocycles. The summed E-state index contributed by atoms with van der Waals surface area (Å²) in [5, 5.41) is 2.44. The molecule has 0 aromatic rings. The first-order valence-electron chi connectivity index (χ1n) is 6.07. The lowest BCUT2D eigenvalue weighted by molar-refractivity contribution is -0.156. The summed E-state index contributed by atoms with van der Waals surface area (Å²) in [5.74, 6) is -0.345. The maximum atomic E-state index is 11.7. The van der Waals surface area contributed by atoms with Gasteiger partial charge in [0.2, 0.25) is 0 Å². The minimum absolute atomic E-state index is 0.164. The second kappa shape index (κ2) is 8.24. The molecule has 0 fully saturated rings. The topological polar surface area (TPSA) is 64.6 Å². The van der Waals surface area contributed by atoms with Crippen LogP contribution in [0, 0.1) is 0 Å². The van der Waals surface area contributed by atoms with E-state index >= 15 is 0 Å². The van der Waals surface area contributed by atoms with Crippen LogP contribution < -0.4 is 5.32 Å². The Morgan fingerprint density at radius 1 is 1.33 bits per heavy atom. The summed E-state index contributed by atoms with van der Waals surface area (Å²) in [4.78, 5) is 23.1. The summed E-state index contributed by atoms with van der Waals surface area (Å²) in [5.41, 5.74) is -0.591. The first-order valence-corrected chi connectivity index (χ1v) is 6.70. The average Bonchev–Trinajstić information content (AvgIpc) is 2.23. The van der Waals surface area contributed by atoms with Crippen LogP contribution in [0.5, 0.6) is 0 Å². The molecule has 0 saturated heterocycles. The van der Waals surface area contributed by atoms with Crippen molar-refractivity contribution in [3.8, 4) is 0 Å². The molecule has 18 heavy (non-hydrogen) atoms. The van der Waals surface area contributed by atoms with Gasteiger partial charge in [0.1, 0.15) is 11.6 Å². The molecule has 0 heterocycles. The number of alkyl carbamates (subject to hydrolysis) is 1. The second-order valence-corrected chi connectivity index (χ2v) is 5.27. The third-order valence-corrected chi connectivity index (χ3v) is 2.26. The average molecular weight is 277 g/mol. The van der Waals surface area contributed by atoms with Crippen LogP contribution in [0.25, 0.3) is 0 Å². The van der Waals surface area contributed by atoms with Crippen LogP contribution in [-0.4, -0.2) is 36.1 Å². The molecule has 0 aliphatic rings. The number of nitrogens with one attached hydrogen (secondary N) is 1. The highest BCUT2D eigenvalue weighted by atomic mass is 32.1. The van der Waals surface area contributed by atoms with E-state index in [9.17, 15) is 9.59 Å². The van der Waals surface area contributed by atoms with Crippen LogP contribution in [0.3, 0.4) is 0 Å². The fourth-order valence-electron chi connectivity index (χ4n) is 1.05. The molecule has 0 aliphatic carbocycles. The summed E-state index contributed by atoms with van der Waals surface area (Å²) in [6, 6.07) is -0.790. The standard InChI is InChI=1S/C12H23NO4S/c1-5-6-7-16-11(15)13-9(8-18)10(14)17-12(2,3)4/h9,18H,5-8H2,1-4H3,(H,13,15)/t9-/m0/s1. The molecule has 1 atom stereocenters. The van der Waals surface area contributed by atoms with Gasteiger partial charge in [-0.1, -0.05) is 13.3 Å². The number of carbonyl (C=O) groups is 2. The molecule has 0 unspecified atom stereocenters. The zero-order valence-electron chi connectivity index (χ0n) is 11.5. The maximum Gasteiger partial charge on any atom is 0.407 e. The first kappa shape index (κ1) is 17.1. The van der Waals surface area contributed by atoms with E-state index in [0.29, 0.717) is 6.61 Å². The van der Waals surface area contributed by atoms with Crippen molar-refractivity contribution in [2.75, 3.05) is 12.4 Å². The third-order valence-electron chi connectivity index (χ3n) is 1.90. The number of unbranched alkanes of at least 4 members (excludes halogenated alkanes) is 1. The summed E-state index contributed by atoms with van der Waals surface area (Å²) in [6.07, 6.45) is 1.12. The van der Waals surface area contributed by atoms with E-state index in [1.807, 2.05) is 6.92 Å². The van der Waals surface area contributed by atoms with Gasteiger partial charge in [-0.05, 0) is 27.2 Å². The molecular weight excluding hydrogens is 254 g/mol. The fraction of sp³-hybridized carbons (Fsp3) is 0.833. The summed E-state index contributed by atoms with van der Waals surface area (Å²) >= 11 is 4.02. The van der Waals surface area contributed by atoms with Crippen LogP contribution in [0.4, 0.5) is 4.79 Å². The Morgan fingerprint density at radius 3 is 2.39 bits per heavy atom. The molecule has 0 radical (unpaired) electrons. The van der Waals surface area contributed by atoms with Gasteiger partial charge in [0, 0.05) is 5.75 Å². The Hall–Kier alpha value is -0.910. The Morgan fingerprint density at radius 2 is 1.94 bits per heavy atom. The molecule has 1 amide bonds.